The van der Waals surface area contributed by atoms with Crippen LogP contribution in [-0.4, -0.2) is 5.11 Å². The third-order valence-corrected chi connectivity index (χ3v) is 2.65. The van der Waals surface area contributed by atoms with Gasteiger partial charge in [-0.3, -0.25) is 0 Å². The van der Waals surface area contributed by atoms with Crippen LogP contribution < -0.4 is 0 Å². The van der Waals surface area contributed by atoms with E-state index in [1.54, 1.807) is 0 Å². The summed E-state index contributed by atoms with van der Waals surface area (Å²) in [6, 6.07) is 1.23. The van der Waals surface area contributed by atoms with Gasteiger partial charge in [0, 0.05) is 6.07 Å². The molecule has 78 valence electrons. The van der Waals surface area contributed by atoms with E-state index in [2.05, 4.69) is 0 Å². The Hall–Kier alpha value is -1.05. The molecule has 1 rings (SSSR count). The summed E-state index contributed by atoms with van der Waals surface area (Å²) in [5.74, 6) is -0.182. The first-order valence-corrected chi connectivity index (χ1v) is 5.17. The maximum absolute atomic E-state index is 13.5. The van der Waals surface area contributed by atoms with Gasteiger partial charge in [-0.05, 0) is 36.0 Å². The first-order valence-electron chi connectivity index (χ1n) is 5.17. The fraction of sp³-hybridized carbons (Fsp3) is 0.500. The maximum Gasteiger partial charge on any atom is 0.130 e. The van der Waals surface area contributed by atoms with Crippen LogP contribution in [0.2, 0.25) is 0 Å². The van der Waals surface area contributed by atoms with Gasteiger partial charge < -0.3 is 5.11 Å². The predicted molar refractivity (Wildman–Crippen MR) is 56.2 cm³/mol. The Balaban J connectivity index is 3.43. The second kappa shape index (κ2) is 4.45. The molecule has 0 bridgehead atoms. The third-order valence-electron chi connectivity index (χ3n) is 2.65. The number of rotatable bonds is 3. The highest BCUT2D eigenvalue weighted by Crippen LogP contribution is 2.28. The van der Waals surface area contributed by atoms with Crippen LogP contribution >= 0.6 is 0 Å². The van der Waals surface area contributed by atoms with E-state index in [9.17, 15) is 9.50 Å². The summed E-state index contributed by atoms with van der Waals surface area (Å²) in [6.07, 6.45) is 2.21. The van der Waals surface area contributed by atoms with Crippen LogP contribution in [0.1, 0.15) is 37.5 Å². The van der Waals surface area contributed by atoms with Gasteiger partial charge in [0.1, 0.15) is 11.6 Å². The van der Waals surface area contributed by atoms with Gasteiger partial charge in [0.05, 0.1) is 0 Å². The smallest absolute Gasteiger partial charge is 0.130 e. The number of hydrogen-bond donors (Lipinski definition) is 1. The van der Waals surface area contributed by atoms with Gasteiger partial charge in [0.25, 0.3) is 0 Å². The molecule has 0 amide bonds. The lowest BCUT2D eigenvalue weighted by Crippen LogP contribution is -2.01. The number of phenols is 1. The highest BCUT2D eigenvalue weighted by Gasteiger charge is 2.13. The summed E-state index contributed by atoms with van der Waals surface area (Å²) >= 11 is 0. The molecule has 0 atom stereocenters. The zero-order valence-electron chi connectivity index (χ0n) is 9.02. The molecule has 0 aliphatic heterocycles. The van der Waals surface area contributed by atoms with E-state index in [4.69, 9.17) is 0 Å². The maximum atomic E-state index is 13.5. The van der Waals surface area contributed by atoms with Crippen molar-refractivity contribution in [2.45, 2.75) is 40.0 Å². The van der Waals surface area contributed by atoms with Crippen molar-refractivity contribution in [3.8, 4) is 5.75 Å². The molecule has 0 radical (unpaired) electrons. The summed E-state index contributed by atoms with van der Waals surface area (Å²) < 4.78 is 13.5. The normalized spacial score (nSPS) is 10.6. The van der Waals surface area contributed by atoms with E-state index >= 15 is 0 Å². The van der Waals surface area contributed by atoms with Crippen molar-refractivity contribution in [2.75, 3.05) is 0 Å². The molecule has 0 heterocycles. The molecule has 0 aliphatic carbocycles. The molecule has 0 fully saturated rings. The molecular formula is C12H17FO. The van der Waals surface area contributed by atoms with Crippen molar-refractivity contribution in [2.24, 2.45) is 0 Å². The highest BCUT2D eigenvalue weighted by molar-refractivity contribution is 5.45. The van der Waals surface area contributed by atoms with Crippen molar-refractivity contribution in [3.63, 3.8) is 0 Å². The monoisotopic (exact) mass is 196 g/mol. The molecule has 1 aromatic carbocycles. The van der Waals surface area contributed by atoms with Crippen molar-refractivity contribution in [1.82, 2.24) is 0 Å². The van der Waals surface area contributed by atoms with Gasteiger partial charge in [-0.15, -0.1) is 0 Å². The van der Waals surface area contributed by atoms with Crippen LogP contribution in [0.5, 0.6) is 5.75 Å². The van der Waals surface area contributed by atoms with Crippen LogP contribution in [0.4, 0.5) is 4.39 Å². The summed E-state index contributed by atoms with van der Waals surface area (Å²) in [5, 5.41) is 9.58. The van der Waals surface area contributed by atoms with Crippen molar-refractivity contribution in [1.29, 1.82) is 0 Å². The third kappa shape index (κ3) is 1.74. The Morgan fingerprint density at radius 3 is 1.93 bits per heavy atom. The number of halogens is 1. The molecule has 0 saturated heterocycles. The van der Waals surface area contributed by atoms with E-state index in [-0.39, 0.29) is 11.6 Å². The van der Waals surface area contributed by atoms with E-state index in [1.807, 2.05) is 20.8 Å². The molecule has 0 unspecified atom stereocenters. The minimum Gasteiger partial charge on any atom is -0.508 e. The Bertz CT molecular complexity index is 303. The molecule has 1 nitrogen and oxygen atoms in total. The minimum atomic E-state index is -0.279. The van der Waals surface area contributed by atoms with Gasteiger partial charge in [-0.1, -0.05) is 20.8 Å². The van der Waals surface area contributed by atoms with Gasteiger partial charge >= 0.3 is 0 Å². The zero-order chi connectivity index (χ0) is 10.7. The zero-order valence-corrected chi connectivity index (χ0v) is 9.02. The average molecular weight is 196 g/mol. The second-order valence-corrected chi connectivity index (χ2v) is 3.37. The molecule has 0 saturated carbocycles. The van der Waals surface area contributed by atoms with Crippen LogP contribution in [0.3, 0.4) is 0 Å². The SMILES string of the molecule is CCc1c(O)cc(F)c(CC)c1CC. The molecule has 0 aliphatic rings. The fourth-order valence-electron chi connectivity index (χ4n) is 1.98. The standard InChI is InChI=1S/C12H17FO/c1-4-8-9(5-2)11(13)7-12(14)10(8)6-3/h7,14H,4-6H2,1-3H3. The molecule has 1 N–H and O–H groups in total. The van der Waals surface area contributed by atoms with Crippen molar-refractivity contribution < 1.29 is 9.50 Å². The summed E-state index contributed by atoms with van der Waals surface area (Å²) in [5.41, 5.74) is 2.63. The van der Waals surface area contributed by atoms with Gasteiger partial charge in [-0.25, -0.2) is 4.39 Å². The summed E-state index contributed by atoms with van der Waals surface area (Å²) in [7, 11) is 0. The fourth-order valence-corrected chi connectivity index (χ4v) is 1.98. The average Bonchev–Trinajstić information content (AvgIpc) is 2.16. The van der Waals surface area contributed by atoms with Crippen LogP contribution in [0.25, 0.3) is 0 Å². The number of hydrogen-bond acceptors (Lipinski definition) is 1. The molecule has 0 spiro atoms. The van der Waals surface area contributed by atoms with Gasteiger partial charge in [0.2, 0.25) is 0 Å². The van der Waals surface area contributed by atoms with Crippen molar-refractivity contribution >= 4 is 0 Å². The summed E-state index contributed by atoms with van der Waals surface area (Å²) in [4.78, 5) is 0. The lowest BCUT2D eigenvalue weighted by Gasteiger charge is -2.14. The predicted octanol–water partition coefficient (Wildman–Crippen LogP) is 3.22. The molecule has 1 aromatic rings. The molecule has 2 heteroatoms. The van der Waals surface area contributed by atoms with Crippen LogP contribution in [0, 0.1) is 5.82 Å². The first-order chi connectivity index (χ1) is 6.65. The van der Waals surface area contributed by atoms with Crippen LogP contribution in [-0.2, 0) is 19.3 Å². The van der Waals surface area contributed by atoms with Crippen molar-refractivity contribution in [3.05, 3.63) is 28.6 Å². The molecule has 0 aromatic heterocycles. The Morgan fingerprint density at radius 2 is 1.50 bits per heavy atom. The lowest BCUT2D eigenvalue weighted by atomic mass is 9.94. The number of aromatic hydroxyl groups is 1. The van der Waals surface area contributed by atoms with E-state index in [1.165, 1.54) is 6.07 Å². The van der Waals surface area contributed by atoms with Gasteiger partial charge in [-0.2, -0.15) is 0 Å². The Labute approximate surface area is 84.6 Å². The first kappa shape index (κ1) is 11.0. The van der Waals surface area contributed by atoms with E-state index in [0.717, 1.165) is 29.5 Å². The summed E-state index contributed by atoms with van der Waals surface area (Å²) in [6.45, 7) is 5.91. The number of phenolic OH excluding ortho intramolecular Hbond substituents is 1. The second-order valence-electron chi connectivity index (χ2n) is 3.37. The molecule has 14 heavy (non-hydrogen) atoms. The van der Waals surface area contributed by atoms with E-state index in [0.29, 0.717) is 6.42 Å². The number of benzene rings is 1. The largest absolute Gasteiger partial charge is 0.508 e. The quantitative estimate of drug-likeness (QED) is 0.787. The Morgan fingerprint density at radius 1 is 1.00 bits per heavy atom. The van der Waals surface area contributed by atoms with Crippen LogP contribution in [0.15, 0.2) is 6.07 Å². The molecular weight excluding hydrogens is 179 g/mol. The topological polar surface area (TPSA) is 20.2 Å². The minimum absolute atomic E-state index is 0.0963. The lowest BCUT2D eigenvalue weighted by molar-refractivity contribution is 0.459. The Kier molecular flexibility index (Phi) is 3.50. The van der Waals surface area contributed by atoms with Gasteiger partial charge in [0.15, 0.2) is 0 Å². The van der Waals surface area contributed by atoms with E-state index < -0.39 is 0 Å². The highest BCUT2D eigenvalue weighted by atomic mass is 19.1.